The molecule has 2 N–H and O–H groups in total. The Morgan fingerprint density at radius 2 is 1.91 bits per heavy atom. The van der Waals surface area contributed by atoms with Gasteiger partial charge in [-0.25, -0.2) is 0 Å². The minimum absolute atomic E-state index is 0.0243. The summed E-state index contributed by atoms with van der Waals surface area (Å²) in [5.74, 6) is 0.189. The lowest BCUT2D eigenvalue weighted by atomic mass is 9.70. The van der Waals surface area contributed by atoms with E-state index in [2.05, 4.69) is 64.8 Å². The molecule has 166 valence electrons. The van der Waals surface area contributed by atoms with E-state index in [1.54, 1.807) is 0 Å². The molecule has 3 aromatic rings. The molecule has 0 amide bonds. The Bertz CT molecular complexity index is 1390. The summed E-state index contributed by atoms with van der Waals surface area (Å²) in [6, 6.07) is 18.5. The molecule has 5 nitrogen and oxygen atoms in total. The maximum absolute atomic E-state index is 13.3. The monoisotopic (exact) mass is 501 g/mol. The fraction of sp³-hybridized carbons (Fsp3) is 0.259. The summed E-state index contributed by atoms with van der Waals surface area (Å²) >= 11 is 3.49. The van der Waals surface area contributed by atoms with Crippen LogP contribution in [0.4, 0.5) is 0 Å². The van der Waals surface area contributed by atoms with Gasteiger partial charge in [-0.05, 0) is 34.7 Å². The van der Waals surface area contributed by atoms with Crippen molar-refractivity contribution in [2.75, 3.05) is 0 Å². The molecule has 1 aromatic heterocycles. The number of fused-ring (bicyclic) bond motifs is 1. The van der Waals surface area contributed by atoms with Gasteiger partial charge in [0.15, 0.2) is 5.78 Å². The lowest BCUT2D eigenvalue weighted by Gasteiger charge is -2.37. The second-order valence-electron chi connectivity index (χ2n) is 9.56. The van der Waals surface area contributed by atoms with E-state index in [-0.39, 0.29) is 17.1 Å². The lowest BCUT2D eigenvalue weighted by molar-refractivity contribution is -0.119. The van der Waals surface area contributed by atoms with E-state index < -0.39 is 5.92 Å². The number of allylic oxidation sites excluding steroid dienone is 3. The third-order valence-corrected chi connectivity index (χ3v) is 7.00. The summed E-state index contributed by atoms with van der Waals surface area (Å²) in [6.45, 7) is 4.78. The minimum Gasteiger partial charge on any atom is -0.444 e. The summed E-state index contributed by atoms with van der Waals surface area (Å²) in [4.78, 5) is 13.3. The zero-order valence-electron chi connectivity index (χ0n) is 18.6. The quantitative estimate of drug-likeness (QED) is 0.484. The van der Waals surface area contributed by atoms with Gasteiger partial charge in [0, 0.05) is 46.5 Å². The summed E-state index contributed by atoms with van der Waals surface area (Å²) in [5.41, 5.74) is 10.0. The maximum Gasteiger partial charge on any atom is 0.205 e. The Balaban J connectivity index is 1.69. The van der Waals surface area contributed by atoms with E-state index >= 15 is 0 Å². The molecule has 0 spiro atoms. The van der Waals surface area contributed by atoms with E-state index in [0.717, 1.165) is 26.5 Å². The van der Waals surface area contributed by atoms with Gasteiger partial charge in [0.25, 0.3) is 0 Å². The summed E-state index contributed by atoms with van der Waals surface area (Å²) in [5, 5.41) is 11.0. The van der Waals surface area contributed by atoms with Crippen LogP contribution in [-0.4, -0.2) is 10.4 Å². The summed E-state index contributed by atoms with van der Waals surface area (Å²) < 4.78 is 9.06. The van der Waals surface area contributed by atoms with Crippen LogP contribution in [0, 0.1) is 16.7 Å². The molecule has 0 bridgehead atoms. The third-order valence-electron chi connectivity index (χ3n) is 6.47. The van der Waals surface area contributed by atoms with Crippen molar-refractivity contribution in [3.8, 4) is 6.07 Å². The Labute approximate surface area is 201 Å². The van der Waals surface area contributed by atoms with Crippen molar-refractivity contribution >= 4 is 32.6 Å². The molecule has 1 aliphatic heterocycles. The van der Waals surface area contributed by atoms with Gasteiger partial charge in [-0.1, -0.05) is 60.1 Å². The van der Waals surface area contributed by atoms with Crippen LogP contribution < -0.4 is 5.73 Å². The van der Waals surface area contributed by atoms with Crippen molar-refractivity contribution in [1.29, 1.82) is 5.26 Å². The van der Waals surface area contributed by atoms with Crippen LogP contribution in [0.1, 0.15) is 43.7 Å². The average Bonchev–Trinajstić information content (AvgIpc) is 3.11. The normalized spacial score (nSPS) is 19.9. The fourth-order valence-electron chi connectivity index (χ4n) is 5.02. The van der Waals surface area contributed by atoms with E-state index in [1.165, 1.54) is 0 Å². The van der Waals surface area contributed by atoms with E-state index in [1.807, 2.05) is 30.3 Å². The van der Waals surface area contributed by atoms with Crippen LogP contribution in [0.25, 0.3) is 10.9 Å². The van der Waals surface area contributed by atoms with Crippen LogP contribution in [0.5, 0.6) is 0 Å². The number of hydrogen-bond donors (Lipinski definition) is 1. The number of aromatic nitrogens is 1. The molecule has 1 unspecified atom stereocenters. The molecule has 1 aliphatic carbocycles. The fourth-order valence-corrected chi connectivity index (χ4v) is 5.28. The molecule has 6 heteroatoms. The highest BCUT2D eigenvalue weighted by molar-refractivity contribution is 9.10. The van der Waals surface area contributed by atoms with Crippen molar-refractivity contribution in [2.24, 2.45) is 11.1 Å². The van der Waals surface area contributed by atoms with Gasteiger partial charge in [0.05, 0.1) is 5.92 Å². The molecule has 2 aliphatic rings. The van der Waals surface area contributed by atoms with Crippen molar-refractivity contribution in [3.05, 3.63) is 93.1 Å². The Kier molecular flexibility index (Phi) is 5.18. The average molecular weight is 502 g/mol. The predicted molar refractivity (Wildman–Crippen MR) is 131 cm³/mol. The van der Waals surface area contributed by atoms with Crippen LogP contribution in [-0.2, 0) is 16.1 Å². The number of ketones is 1. The second kappa shape index (κ2) is 7.93. The number of benzene rings is 2. The number of nitrogens with two attached hydrogens (primary N) is 1. The van der Waals surface area contributed by atoms with Crippen molar-refractivity contribution in [3.63, 3.8) is 0 Å². The highest BCUT2D eigenvalue weighted by Crippen LogP contribution is 2.49. The van der Waals surface area contributed by atoms with Gasteiger partial charge in [-0.3, -0.25) is 4.79 Å². The summed E-state index contributed by atoms with van der Waals surface area (Å²) in [7, 11) is 0. The number of rotatable bonds is 3. The molecule has 2 aromatic carbocycles. The third kappa shape index (κ3) is 3.77. The molecule has 5 rings (SSSR count). The SMILES string of the molecule is CC1(C)CC(=O)C2=C(C1)OC(N)=C(C#N)C2c1cn(Cc2ccc(Br)cc2)c2ccccc12. The molecule has 0 fully saturated rings. The first kappa shape index (κ1) is 21.5. The number of nitrogens with zero attached hydrogens (tertiary/aromatic N) is 2. The predicted octanol–water partition coefficient (Wildman–Crippen LogP) is 5.90. The Morgan fingerprint density at radius 1 is 1.18 bits per heavy atom. The zero-order valence-corrected chi connectivity index (χ0v) is 20.1. The second-order valence-corrected chi connectivity index (χ2v) is 10.5. The van der Waals surface area contributed by atoms with Crippen LogP contribution in [0.15, 0.2) is 82.0 Å². The smallest absolute Gasteiger partial charge is 0.205 e. The number of hydrogen-bond acceptors (Lipinski definition) is 4. The molecular formula is C27H24BrN3O2. The molecule has 2 heterocycles. The van der Waals surface area contributed by atoms with Crippen LogP contribution in [0.2, 0.25) is 0 Å². The van der Waals surface area contributed by atoms with E-state index in [9.17, 15) is 10.1 Å². The molecule has 0 radical (unpaired) electrons. The highest BCUT2D eigenvalue weighted by atomic mass is 79.9. The lowest BCUT2D eigenvalue weighted by Crippen LogP contribution is -2.33. The van der Waals surface area contributed by atoms with Gasteiger partial charge in [-0.15, -0.1) is 0 Å². The first-order valence-corrected chi connectivity index (χ1v) is 11.7. The van der Waals surface area contributed by atoms with Crippen LogP contribution in [0.3, 0.4) is 0 Å². The Morgan fingerprint density at radius 3 is 2.64 bits per heavy atom. The largest absolute Gasteiger partial charge is 0.444 e. The molecule has 0 saturated heterocycles. The summed E-state index contributed by atoms with van der Waals surface area (Å²) in [6.07, 6.45) is 3.09. The first-order chi connectivity index (χ1) is 15.8. The number of halogens is 1. The maximum atomic E-state index is 13.3. The molecule has 0 saturated carbocycles. The number of Topliss-reactive ketones (excluding diaryl/α,β-unsaturated/α-hetero) is 1. The van der Waals surface area contributed by atoms with Crippen molar-refractivity contribution in [2.45, 2.75) is 39.2 Å². The van der Waals surface area contributed by atoms with Crippen LogP contribution >= 0.6 is 15.9 Å². The van der Waals surface area contributed by atoms with Gasteiger partial charge in [0.2, 0.25) is 5.88 Å². The van der Waals surface area contributed by atoms with E-state index in [4.69, 9.17) is 10.5 Å². The number of nitriles is 1. The number of para-hydroxylation sites is 1. The van der Waals surface area contributed by atoms with Crippen molar-refractivity contribution < 1.29 is 9.53 Å². The molecule has 33 heavy (non-hydrogen) atoms. The standard InChI is InChI=1S/C27H24BrN3O2/c1-27(2)11-22(32)25-23(12-27)33-26(30)19(13-29)24(25)20-15-31(21-6-4-3-5-18(20)21)14-16-7-9-17(28)10-8-16/h3-10,15,24H,11-12,14,30H2,1-2H3. The van der Waals surface area contributed by atoms with Gasteiger partial charge < -0.3 is 15.0 Å². The number of carbonyl (C=O) groups excluding carboxylic acids is 1. The highest BCUT2D eigenvalue weighted by Gasteiger charge is 2.43. The van der Waals surface area contributed by atoms with E-state index in [0.29, 0.717) is 36.3 Å². The number of ether oxygens (including phenoxy) is 1. The van der Waals surface area contributed by atoms with Gasteiger partial charge in [-0.2, -0.15) is 5.26 Å². The van der Waals surface area contributed by atoms with Gasteiger partial charge in [0.1, 0.15) is 17.4 Å². The van der Waals surface area contributed by atoms with Crippen molar-refractivity contribution in [1.82, 2.24) is 4.57 Å². The minimum atomic E-state index is -0.529. The Hall–Kier alpha value is -3.30. The molecule has 1 atom stereocenters. The van der Waals surface area contributed by atoms with Gasteiger partial charge >= 0.3 is 0 Å². The topological polar surface area (TPSA) is 81.0 Å². The zero-order chi connectivity index (χ0) is 23.3. The molecular weight excluding hydrogens is 478 g/mol. The first-order valence-electron chi connectivity index (χ1n) is 10.9. The number of carbonyl (C=O) groups is 1.